The Morgan fingerprint density at radius 3 is 1.12 bits per heavy atom. The normalized spacial score (nSPS) is 11.9. The first-order valence-electron chi connectivity index (χ1n) is 17.0. The SMILES string of the molecule is O=C(O)C(CCSCc1ccccc1)N(CCN(C(=O)OCc1ccccc1)C(CCSCc1ccccc1)C(=O)O)C(=O)OCc1ccccc1. The van der Waals surface area contributed by atoms with E-state index in [0.29, 0.717) is 34.1 Å². The molecule has 4 rings (SSSR count). The molecule has 4 aromatic carbocycles. The molecule has 0 spiro atoms. The van der Waals surface area contributed by atoms with Gasteiger partial charge in [0.1, 0.15) is 25.3 Å². The lowest BCUT2D eigenvalue weighted by molar-refractivity contribution is -0.145. The van der Waals surface area contributed by atoms with Crippen molar-refractivity contribution in [3.05, 3.63) is 144 Å². The van der Waals surface area contributed by atoms with E-state index in [1.54, 1.807) is 48.5 Å². The van der Waals surface area contributed by atoms with Crippen LogP contribution in [0.25, 0.3) is 0 Å². The number of nitrogens with zero attached hydrogens (tertiary/aromatic N) is 2. The smallest absolute Gasteiger partial charge is 0.410 e. The van der Waals surface area contributed by atoms with E-state index in [1.807, 2.05) is 72.8 Å². The summed E-state index contributed by atoms with van der Waals surface area (Å²) in [7, 11) is 0. The third-order valence-electron chi connectivity index (χ3n) is 8.08. The Bertz CT molecular complexity index is 1540. The van der Waals surface area contributed by atoms with Gasteiger partial charge in [-0.3, -0.25) is 9.80 Å². The van der Waals surface area contributed by atoms with Crippen molar-refractivity contribution in [2.24, 2.45) is 0 Å². The Hall–Kier alpha value is -4.94. The first-order chi connectivity index (χ1) is 25.3. The summed E-state index contributed by atoms with van der Waals surface area (Å²) in [6, 6.07) is 34.9. The average molecular weight is 745 g/mol. The average Bonchev–Trinajstić information content (AvgIpc) is 3.17. The fraction of sp³-hybridized carbons (Fsp3) is 0.300. The van der Waals surface area contributed by atoms with Crippen molar-refractivity contribution in [2.45, 2.75) is 49.6 Å². The summed E-state index contributed by atoms with van der Waals surface area (Å²) in [4.78, 5) is 54.8. The molecule has 0 saturated heterocycles. The molecule has 0 saturated carbocycles. The van der Waals surface area contributed by atoms with Gasteiger partial charge in [0, 0.05) is 24.6 Å². The summed E-state index contributed by atoms with van der Waals surface area (Å²) in [5.41, 5.74) is 3.60. The molecule has 0 bridgehead atoms. The summed E-state index contributed by atoms with van der Waals surface area (Å²) in [6.45, 7) is -0.778. The molecule has 0 radical (unpaired) electrons. The van der Waals surface area contributed by atoms with Crippen molar-refractivity contribution >= 4 is 47.6 Å². The van der Waals surface area contributed by atoms with E-state index in [2.05, 4.69) is 0 Å². The van der Waals surface area contributed by atoms with Crippen molar-refractivity contribution in [3.8, 4) is 0 Å². The lowest BCUT2D eigenvalue weighted by atomic mass is 10.1. The topological polar surface area (TPSA) is 134 Å². The quantitative estimate of drug-likeness (QED) is 0.0814. The van der Waals surface area contributed by atoms with Crippen molar-refractivity contribution in [2.75, 3.05) is 24.6 Å². The van der Waals surface area contributed by atoms with Crippen LogP contribution in [0.1, 0.15) is 35.1 Å². The standard InChI is InChI=1S/C40H44N2O8S2/c43-37(44)35(21-25-51-29-33-17-9-3-10-18-33)41(39(47)49-27-31-13-5-1-6-14-31)23-24-42(40(48)50-28-32-15-7-2-8-16-32)36(38(45)46)22-26-52-30-34-19-11-4-12-20-34/h1-20,35-36H,21-30H2,(H,43,44)(H,45,46). The maximum atomic E-state index is 13.6. The minimum atomic E-state index is -1.29. The van der Waals surface area contributed by atoms with Gasteiger partial charge in [0.2, 0.25) is 0 Å². The van der Waals surface area contributed by atoms with Gasteiger partial charge in [0.25, 0.3) is 0 Å². The minimum Gasteiger partial charge on any atom is -0.480 e. The number of rotatable bonds is 21. The van der Waals surface area contributed by atoms with Gasteiger partial charge in [-0.1, -0.05) is 121 Å². The summed E-state index contributed by atoms with van der Waals surface area (Å²) < 4.78 is 11.2. The Kier molecular flexibility index (Phi) is 16.9. The number of benzene rings is 4. The van der Waals surface area contributed by atoms with E-state index < -0.39 is 36.2 Å². The zero-order chi connectivity index (χ0) is 37.0. The number of thioether (sulfide) groups is 2. The highest BCUT2D eigenvalue weighted by Crippen LogP contribution is 2.20. The van der Waals surface area contributed by atoms with Gasteiger partial charge in [-0.15, -0.1) is 0 Å². The van der Waals surface area contributed by atoms with E-state index >= 15 is 0 Å². The molecule has 2 amide bonds. The molecule has 0 fully saturated rings. The third kappa shape index (κ3) is 13.6. The number of aliphatic carboxylic acids is 2. The predicted molar refractivity (Wildman–Crippen MR) is 204 cm³/mol. The highest BCUT2D eigenvalue weighted by atomic mass is 32.2. The lowest BCUT2D eigenvalue weighted by Crippen LogP contribution is -2.52. The number of hydrogen-bond acceptors (Lipinski definition) is 8. The Labute approximate surface area is 313 Å². The molecule has 2 atom stereocenters. The number of carboxylic acids is 2. The highest BCUT2D eigenvalue weighted by molar-refractivity contribution is 7.98. The molecule has 2 N–H and O–H groups in total. The van der Waals surface area contributed by atoms with Crippen LogP contribution in [0, 0.1) is 0 Å². The zero-order valence-electron chi connectivity index (χ0n) is 28.8. The fourth-order valence-electron chi connectivity index (χ4n) is 5.31. The summed E-state index contributed by atoms with van der Waals surface area (Å²) in [5, 5.41) is 20.7. The van der Waals surface area contributed by atoms with Crippen molar-refractivity contribution in [3.63, 3.8) is 0 Å². The molecule has 0 aliphatic carbocycles. The fourth-order valence-corrected chi connectivity index (χ4v) is 7.24. The van der Waals surface area contributed by atoms with E-state index in [0.717, 1.165) is 20.9 Å². The largest absolute Gasteiger partial charge is 0.480 e. The maximum Gasteiger partial charge on any atom is 0.410 e. The second kappa shape index (κ2) is 22.1. The predicted octanol–water partition coefficient (Wildman–Crippen LogP) is 7.82. The van der Waals surface area contributed by atoms with Gasteiger partial charge in [-0.2, -0.15) is 23.5 Å². The van der Waals surface area contributed by atoms with E-state index in [1.165, 1.54) is 23.5 Å². The number of ether oxygens (including phenoxy) is 2. The third-order valence-corrected chi connectivity index (χ3v) is 10.2. The van der Waals surface area contributed by atoms with Crippen molar-refractivity contribution in [1.29, 1.82) is 0 Å². The molecule has 0 aliphatic heterocycles. The molecule has 274 valence electrons. The lowest BCUT2D eigenvalue weighted by Gasteiger charge is -2.33. The van der Waals surface area contributed by atoms with Crippen LogP contribution in [0.15, 0.2) is 121 Å². The second-order valence-electron chi connectivity index (χ2n) is 11.8. The van der Waals surface area contributed by atoms with Crippen LogP contribution in [0.5, 0.6) is 0 Å². The Morgan fingerprint density at radius 1 is 0.500 bits per heavy atom. The highest BCUT2D eigenvalue weighted by Gasteiger charge is 2.35. The second-order valence-corrected chi connectivity index (χ2v) is 14.0. The first-order valence-corrected chi connectivity index (χ1v) is 19.3. The van der Waals surface area contributed by atoms with Gasteiger partial charge in [0.15, 0.2) is 0 Å². The van der Waals surface area contributed by atoms with Crippen LogP contribution >= 0.6 is 23.5 Å². The van der Waals surface area contributed by atoms with Crippen LogP contribution in [-0.2, 0) is 43.8 Å². The number of hydrogen-bond donors (Lipinski definition) is 2. The van der Waals surface area contributed by atoms with Crippen LogP contribution in [0.3, 0.4) is 0 Å². The Balaban J connectivity index is 1.51. The zero-order valence-corrected chi connectivity index (χ0v) is 30.5. The number of carboxylic acid groups (broad SMARTS) is 2. The first kappa shape index (κ1) is 39.8. The van der Waals surface area contributed by atoms with Crippen LogP contribution in [0.4, 0.5) is 9.59 Å². The molecular formula is C40H44N2O8S2. The minimum absolute atomic E-state index is 0.0928. The molecular weight excluding hydrogens is 701 g/mol. The maximum absolute atomic E-state index is 13.6. The van der Waals surface area contributed by atoms with Gasteiger partial charge in [0.05, 0.1) is 0 Å². The monoisotopic (exact) mass is 744 g/mol. The number of amides is 2. The van der Waals surface area contributed by atoms with Crippen LogP contribution in [0.2, 0.25) is 0 Å². The van der Waals surface area contributed by atoms with Crippen molar-refractivity contribution < 1.29 is 38.9 Å². The summed E-state index contributed by atoms with van der Waals surface area (Å²) in [5.74, 6) is -0.296. The van der Waals surface area contributed by atoms with Gasteiger partial charge in [-0.05, 0) is 46.6 Å². The summed E-state index contributed by atoms with van der Waals surface area (Å²) in [6.07, 6.45) is -1.56. The molecule has 0 heterocycles. The van der Waals surface area contributed by atoms with Crippen LogP contribution in [-0.4, -0.2) is 80.8 Å². The molecule has 0 aromatic heterocycles. The number of carbonyl (C=O) groups excluding carboxylic acids is 2. The molecule has 52 heavy (non-hydrogen) atoms. The summed E-state index contributed by atoms with van der Waals surface area (Å²) >= 11 is 3.07. The van der Waals surface area contributed by atoms with Gasteiger partial charge in [-0.25, -0.2) is 19.2 Å². The van der Waals surface area contributed by atoms with Gasteiger partial charge >= 0.3 is 24.1 Å². The van der Waals surface area contributed by atoms with Crippen molar-refractivity contribution in [1.82, 2.24) is 9.80 Å². The number of carbonyl (C=O) groups is 4. The van der Waals surface area contributed by atoms with Gasteiger partial charge < -0.3 is 19.7 Å². The molecule has 0 aliphatic rings. The van der Waals surface area contributed by atoms with E-state index in [-0.39, 0.29) is 39.1 Å². The molecule has 4 aromatic rings. The van der Waals surface area contributed by atoms with E-state index in [4.69, 9.17) is 9.47 Å². The molecule has 12 heteroatoms. The van der Waals surface area contributed by atoms with E-state index in [9.17, 15) is 29.4 Å². The van der Waals surface area contributed by atoms with Crippen LogP contribution < -0.4 is 0 Å². The molecule has 2 unspecified atom stereocenters. The molecule has 10 nitrogen and oxygen atoms in total. The Morgan fingerprint density at radius 2 is 0.808 bits per heavy atom.